The van der Waals surface area contributed by atoms with E-state index in [1.54, 1.807) is 4.68 Å². The number of hydrogen-bond acceptors (Lipinski definition) is 5. The first kappa shape index (κ1) is 20.3. The summed E-state index contributed by atoms with van der Waals surface area (Å²) in [7, 11) is 0. The fraction of sp³-hybridized carbons (Fsp3) is 0.364. The molecule has 1 fully saturated rings. The highest BCUT2D eigenvalue weighted by molar-refractivity contribution is 6.30. The lowest BCUT2D eigenvalue weighted by Gasteiger charge is -2.31. The molecule has 1 aliphatic rings. The van der Waals surface area contributed by atoms with E-state index in [0.717, 1.165) is 48.7 Å². The van der Waals surface area contributed by atoms with E-state index in [1.807, 2.05) is 56.3 Å². The Bertz CT molecular complexity index is 1010. The van der Waals surface area contributed by atoms with Crippen molar-refractivity contribution in [2.75, 3.05) is 18.0 Å². The van der Waals surface area contributed by atoms with Gasteiger partial charge in [0.05, 0.1) is 5.69 Å². The lowest BCUT2D eigenvalue weighted by Crippen LogP contribution is -2.40. The summed E-state index contributed by atoms with van der Waals surface area (Å²) in [6, 6.07) is 13.5. The zero-order valence-electron chi connectivity index (χ0n) is 17.2. The molecular weight excluding hydrogens is 400 g/mol. The molecule has 30 heavy (non-hydrogen) atoms. The van der Waals surface area contributed by atoms with Crippen LogP contribution < -0.4 is 10.2 Å². The molecule has 0 spiro atoms. The molecule has 1 amide bonds. The average molecular weight is 425 g/mol. The number of piperidine rings is 1. The molecule has 0 aliphatic carbocycles. The van der Waals surface area contributed by atoms with Crippen LogP contribution in [-0.2, 0) is 11.3 Å². The SMILES string of the molecule is Cc1cc(C)n(-c2ccc(N3CCC(C(=O)NCc4ccc(Cl)cc4)CC3)nn2)n1. The molecule has 1 saturated heterocycles. The molecule has 3 heterocycles. The summed E-state index contributed by atoms with van der Waals surface area (Å²) in [5, 5.41) is 16.9. The third kappa shape index (κ3) is 4.62. The molecule has 0 bridgehead atoms. The average Bonchev–Trinajstić information content (AvgIpc) is 3.11. The predicted molar refractivity (Wildman–Crippen MR) is 117 cm³/mol. The van der Waals surface area contributed by atoms with Crippen LogP contribution in [0.3, 0.4) is 0 Å². The van der Waals surface area contributed by atoms with Gasteiger partial charge in [0.2, 0.25) is 5.91 Å². The molecule has 1 aromatic carbocycles. The highest BCUT2D eigenvalue weighted by Gasteiger charge is 2.25. The summed E-state index contributed by atoms with van der Waals surface area (Å²) in [5.41, 5.74) is 3.03. The summed E-state index contributed by atoms with van der Waals surface area (Å²) >= 11 is 5.90. The third-order valence-corrected chi connectivity index (χ3v) is 5.68. The van der Waals surface area contributed by atoms with Gasteiger partial charge in [0.25, 0.3) is 0 Å². The minimum atomic E-state index is 0.0236. The lowest BCUT2D eigenvalue weighted by molar-refractivity contribution is -0.125. The number of hydrogen-bond donors (Lipinski definition) is 1. The number of carbonyl (C=O) groups excluding carboxylic acids is 1. The number of nitrogens with zero attached hydrogens (tertiary/aromatic N) is 5. The number of anilines is 1. The molecular formula is C22H25ClN6O. The number of rotatable bonds is 5. The van der Waals surface area contributed by atoms with Crippen LogP contribution in [0.1, 0.15) is 29.8 Å². The second-order valence-electron chi connectivity index (χ2n) is 7.69. The molecule has 1 N–H and O–H groups in total. The monoisotopic (exact) mass is 424 g/mol. The number of halogens is 1. The number of aromatic nitrogens is 4. The zero-order valence-corrected chi connectivity index (χ0v) is 17.9. The van der Waals surface area contributed by atoms with Crippen molar-refractivity contribution in [1.82, 2.24) is 25.3 Å². The molecule has 156 valence electrons. The van der Waals surface area contributed by atoms with Gasteiger partial charge in [0.1, 0.15) is 0 Å². The van der Waals surface area contributed by atoms with E-state index in [9.17, 15) is 4.79 Å². The van der Waals surface area contributed by atoms with Gasteiger partial charge in [-0.1, -0.05) is 23.7 Å². The van der Waals surface area contributed by atoms with Crippen LogP contribution in [0.15, 0.2) is 42.5 Å². The summed E-state index contributed by atoms with van der Waals surface area (Å²) in [5.74, 6) is 1.67. The molecule has 0 unspecified atom stereocenters. The smallest absolute Gasteiger partial charge is 0.223 e. The third-order valence-electron chi connectivity index (χ3n) is 5.43. The van der Waals surface area contributed by atoms with Crippen molar-refractivity contribution in [2.24, 2.45) is 5.92 Å². The fourth-order valence-electron chi connectivity index (χ4n) is 3.77. The number of nitrogens with one attached hydrogen (secondary N) is 1. The van der Waals surface area contributed by atoms with Gasteiger partial charge in [0.15, 0.2) is 11.6 Å². The van der Waals surface area contributed by atoms with Gasteiger partial charge in [-0.2, -0.15) is 5.10 Å². The van der Waals surface area contributed by atoms with Crippen LogP contribution in [0.25, 0.3) is 5.82 Å². The maximum absolute atomic E-state index is 12.5. The molecule has 0 atom stereocenters. The van der Waals surface area contributed by atoms with E-state index >= 15 is 0 Å². The van der Waals surface area contributed by atoms with Crippen LogP contribution >= 0.6 is 11.6 Å². The highest BCUT2D eigenvalue weighted by atomic mass is 35.5. The maximum atomic E-state index is 12.5. The molecule has 3 aromatic rings. The van der Waals surface area contributed by atoms with Crippen LogP contribution in [0.5, 0.6) is 0 Å². The molecule has 8 heteroatoms. The second-order valence-corrected chi connectivity index (χ2v) is 8.13. The molecule has 2 aromatic heterocycles. The second kappa shape index (κ2) is 8.83. The summed E-state index contributed by atoms with van der Waals surface area (Å²) in [6.45, 7) is 6.05. The Kier molecular flexibility index (Phi) is 5.99. The van der Waals surface area contributed by atoms with Crippen molar-refractivity contribution in [1.29, 1.82) is 0 Å². The van der Waals surface area contributed by atoms with E-state index in [-0.39, 0.29) is 11.8 Å². The topological polar surface area (TPSA) is 75.9 Å². The van der Waals surface area contributed by atoms with Gasteiger partial charge in [-0.25, -0.2) is 4.68 Å². The van der Waals surface area contributed by atoms with Gasteiger partial charge < -0.3 is 10.2 Å². The number of aryl methyl sites for hydroxylation is 2. The Morgan fingerprint density at radius 2 is 1.73 bits per heavy atom. The largest absolute Gasteiger partial charge is 0.355 e. The van der Waals surface area contributed by atoms with Crippen LogP contribution in [0, 0.1) is 19.8 Å². The van der Waals surface area contributed by atoms with E-state index < -0.39 is 0 Å². The van der Waals surface area contributed by atoms with Crippen molar-refractivity contribution in [3.63, 3.8) is 0 Å². The van der Waals surface area contributed by atoms with Gasteiger partial charge in [-0.15, -0.1) is 10.2 Å². The molecule has 0 radical (unpaired) electrons. The van der Waals surface area contributed by atoms with Crippen LogP contribution in [0.2, 0.25) is 5.02 Å². The Morgan fingerprint density at radius 3 is 2.33 bits per heavy atom. The predicted octanol–water partition coefficient (Wildman–Crippen LogP) is 3.47. The molecule has 4 rings (SSSR count). The first-order valence-electron chi connectivity index (χ1n) is 10.1. The Hall–Kier alpha value is -2.93. The van der Waals surface area contributed by atoms with Gasteiger partial charge in [-0.3, -0.25) is 4.79 Å². The normalized spacial score (nSPS) is 14.7. The van der Waals surface area contributed by atoms with Gasteiger partial charge >= 0.3 is 0 Å². The summed E-state index contributed by atoms with van der Waals surface area (Å²) in [4.78, 5) is 14.7. The molecule has 1 aliphatic heterocycles. The number of amides is 1. The molecule has 7 nitrogen and oxygen atoms in total. The van der Waals surface area contributed by atoms with E-state index in [4.69, 9.17) is 11.6 Å². The Labute approximate surface area is 181 Å². The lowest BCUT2D eigenvalue weighted by atomic mass is 9.96. The first-order chi connectivity index (χ1) is 14.5. The van der Waals surface area contributed by atoms with Crippen molar-refractivity contribution in [3.05, 3.63) is 64.4 Å². The van der Waals surface area contributed by atoms with Crippen molar-refractivity contribution < 1.29 is 4.79 Å². The number of benzene rings is 1. The minimum Gasteiger partial charge on any atom is -0.355 e. The van der Waals surface area contributed by atoms with Gasteiger partial charge in [-0.05, 0) is 62.6 Å². The number of carbonyl (C=O) groups is 1. The Balaban J connectivity index is 1.30. The molecule has 0 saturated carbocycles. The van der Waals surface area contributed by atoms with Crippen LogP contribution in [0.4, 0.5) is 5.82 Å². The summed E-state index contributed by atoms with van der Waals surface area (Å²) in [6.07, 6.45) is 1.60. The fourth-order valence-corrected chi connectivity index (χ4v) is 3.89. The maximum Gasteiger partial charge on any atom is 0.223 e. The van der Waals surface area contributed by atoms with Crippen LogP contribution in [-0.4, -0.2) is 39.0 Å². The van der Waals surface area contributed by atoms with Crippen molar-refractivity contribution in [3.8, 4) is 5.82 Å². The quantitative estimate of drug-likeness (QED) is 0.678. The van der Waals surface area contributed by atoms with Crippen molar-refractivity contribution in [2.45, 2.75) is 33.2 Å². The van der Waals surface area contributed by atoms with Crippen molar-refractivity contribution >= 4 is 23.3 Å². The van der Waals surface area contributed by atoms with E-state index in [2.05, 4.69) is 25.5 Å². The first-order valence-corrected chi connectivity index (χ1v) is 10.5. The Morgan fingerprint density at radius 1 is 1.07 bits per heavy atom. The zero-order chi connectivity index (χ0) is 21.1. The standard InChI is InChI=1S/C22H25ClN6O/c1-15-13-16(2)29(27-15)21-8-7-20(25-26-21)28-11-9-18(10-12-28)22(30)24-14-17-3-5-19(23)6-4-17/h3-8,13,18H,9-12,14H2,1-2H3,(H,24,30). The highest BCUT2D eigenvalue weighted by Crippen LogP contribution is 2.22. The van der Waals surface area contributed by atoms with E-state index in [1.165, 1.54) is 0 Å². The van der Waals surface area contributed by atoms with E-state index in [0.29, 0.717) is 17.4 Å². The minimum absolute atomic E-state index is 0.0236. The van der Waals surface area contributed by atoms with Gasteiger partial charge in [0, 0.05) is 36.3 Å². The summed E-state index contributed by atoms with van der Waals surface area (Å²) < 4.78 is 1.80.